The van der Waals surface area contributed by atoms with Gasteiger partial charge in [0.25, 0.3) is 5.69 Å². The summed E-state index contributed by atoms with van der Waals surface area (Å²) >= 11 is 0. The van der Waals surface area contributed by atoms with E-state index in [0.29, 0.717) is 18.4 Å². The average molecular weight is 315 g/mol. The summed E-state index contributed by atoms with van der Waals surface area (Å²) in [6, 6.07) is 11.4. The maximum Gasteiger partial charge on any atom is 0.321 e. The van der Waals surface area contributed by atoms with E-state index < -0.39 is 22.1 Å². The van der Waals surface area contributed by atoms with Gasteiger partial charge in [-0.2, -0.15) is 0 Å². The summed E-state index contributed by atoms with van der Waals surface area (Å²) < 4.78 is 18.8. The van der Waals surface area contributed by atoms with Crippen LogP contribution in [0.15, 0.2) is 48.5 Å². The Labute approximate surface area is 131 Å². The largest absolute Gasteiger partial charge is 0.426 e. The molecule has 1 saturated carbocycles. The number of hydrogen-bond acceptors (Lipinski definition) is 4. The summed E-state index contributed by atoms with van der Waals surface area (Å²) in [5.74, 6) is -0.793. The van der Waals surface area contributed by atoms with E-state index in [1.54, 1.807) is 12.1 Å². The third-order valence-electron chi connectivity index (χ3n) is 4.21. The van der Waals surface area contributed by atoms with Crippen LogP contribution >= 0.6 is 0 Å². The van der Waals surface area contributed by atoms with Crippen LogP contribution in [0.5, 0.6) is 5.75 Å². The second-order valence-electron chi connectivity index (χ2n) is 5.59. The number of benzene rings is 2. The molecule has 0 aromatic heterocycles. The maximum absolute atomic E-state index is 13.5. The van der Waals surface area contributed by atoms with Crippen molar-refractivity contribution >= 4 is 11.7 Å². The molecule has 0 unspecified atom stereocenters. The average Bonchev–Trinajstić information content (AvgIpc) is 2.46. The van der Waals surface area contributed by atoms with E-state index in [4.69, 9.17) is 4.74 Å². The molecule has 2 aromatic carbocycles. The first kappa shape index (κ1) is 15.1. The van der Waals surface area contributed by atoms with Gasteiger partial charge in [0.2, 0.25) is 0 Å². The Morgan fingerprint density at radius 1 is 1.17 bits per heavy atom. The normalized spacial score (nSPS) is 15.5. The van der Waals surface area contributed by atoms with E-state index in [-0.39, 0.29) is 11.4 Å². The third kappa shape index (κ3) is 2.79. The fourth-order valence-electron chi connectivity index (χ4n) is 2.79. The lowest BCUT2D eigenvalue weighted by Crippen LogP contribution is -2.45. The highest BCUT2D eigenvalue weighted by atomic mass is 19.1. The van der Waals surface area contributed by atoms with E-state index in [1.807, 2.05) is 0 Å². The van der Waals surface area contributed by atoms with Crippen molar-refractivity contribution in [2.24, 2.45) is 0 Å². The number of nitrogens with zero attached hydrogens (tertiary/aromatic N) is 1. The minimum Gasteiger partial charge on any atom is -0.426 e. The van der Waals surface area contributed by atoms with Crippen molar-refractivity contribution in [1.29, 1.82) is 0 Å². The van der Waals surface area contributed by atoms with Gasteiger partial charge < -0.3 is 4.74 Å². The van der Waals surface area contributed by atoms with Crippen LogP contribution in [0.4, 0.5) is 10.1 Å². The minimum atomic E-state index is -0.868. The molecule has 0 N–H and O–H groups in total. The third-order valence-corrected chi connectivity index (χ3v) is 4.21. The molecule has 0 bridgehead atoms. The van der Waals surface area contributed by atoms with Gasteiger partial charge >= 0.3 is 5.97 Å². The van der Waals surface area contributed by atoms with E-state index in [0.717, 1.165) is 6.42 Å². The lowest BCUT2D eigenvalue weighted by atomic mass is 9.64. The first-order chi connectivity index (χ1) is 11.0. The van der Waals surface area contributed by atoms with Gasteiger partial charge in [-0.25, -0.2) is 4.39 Å². The number of halogens is 1. The van der Waals surface area contributed by atoms with Gasteiger partial charge in [-0.05, 0) is 36.6 Å². The molecule has 0 atom stereocenters. The van der Waals surface area contributed by atoms with Crippen LogP contribution in [0, 0.1) is 15.9 Å². The zero-order valence-electron chi connectivity index (χ0n) is 12.2. The summed E-state index contributed by atoms with van der Waals surface area (Å²) in [5.41, 5.74) is -0.435. The van der Waals surface area contributed by atoms with Crippen molar-refractivity contribution in [2.75, 3.05) is 0 Å². The van der Waals surface area contributed by atoms with Crippen molar-refractivity contribution in [3.8, 4) is 5.75 Å². The van der Waals surface area contributed by atoms with Gasteiger partial charge in [-0.3, -0.25) is 14.9 Å². The van der Waals surface area contributed by atoms with E-state index >= 15 is 0 Å². The highest BCUT2D eigenvalue weighted by molar-refractivity contribution is 5.86. The molecule has 118 valence electrons. The molecule has 1 aliphatic rings. The lowest BCUT2D eigenvalue weighted by Gasteiger charge is -2.39. The molecule has 2 aromatic rings. The molecule has 1 fully saturated rings. The van der Waals surface area contributed by atoms with Gasteiger partial charge in [0.05, 0.1) is 16.4 Å². The van der Waals surface area contributed by atoms with Crippen LogP contribution in [0.2, 0.25) is 0 Å². The summed E-state index contributed by atoms with van der Waals surface area (Å²) in [7, 11) is 0. The lowest BCUT2D eigenvalue weighted by molar-refractivity contribution is -0.384. The SMILES string of the molecule is O=C(Oc1cccc([N+](=O)[O-])c1)C1(c2cccc(F)c2)CCC1. The zero-order valence-corrected chi connectivity index (χ0v) is 12.2. The second-order valence-corrected chi connectivity index (χ2v) is 5.59. The summed E-state index contributed by atoms with van der Waals surface area (Å²) in [5, 5.41) is 10.8. The number of ether oxygens (including phenoxy) is 1. The number of rotatable bonds is 4. The number of carbonyl (C=O) groups is 1. The number of non-ortho nitro benzene ring substituents is 1. The smallest absolute Gasteiger partial charge is 0.321 e. The molecule has 0 spiro atoms. The zero-order chi connectivity index (χ0) is 16.4. The summed E-state index contributed by atoms with van der Waals surface area (Å²) in [6.45, 7) is 0. The van der Waals surface area contributed by atoms with Gasteiger partial charge in [-0.1, -0.05) is 24.6 Å². The molecule has 0 saturated heterocycles. The molecular formula is C17H14FNO4. The predicted molar refractivity (Wildman–Crippen MR) is 80.7 cm³/mol. The molecule has 5 nitrogen and oxygen atoms in total. The minimum absolute atomic E-state index is 0.117. The van der Waals surface area contributed by atoms with E-state index in [9.17, 15) is 19.3 Å². The first-order valence-corrected chi connectivity index (χ1v) is 7.24. The Bertz CT molecular complexity index is 771. The predicted octanol–water partition coefficient (Wildman–Crippen LogP) is 3.76. The molecular weight excluding hydrogens is 301 g/mol. The standard InChI is InChI=1S/C17H14FNO4/c18-13-5-1-4-12(10-13)17(8-3-9-17)16(20)23-15-7-2-6-14(11-15)19(21)22/h1-2,4-7,10-11H,3,8-9H2. The Morgan fingerprint density at radius 3 is 2.52 bits per heavy atom. The van der Waals surface area contributed by atoms with Gasteiger partial charge in [0.15, 0.2) is 0 Å². The molecule has 0 amide bonds. The molecule has 1 aliphatic carbocycles. The Kier molecular flexibility index (Phi) is 3.82. The monoisotopic (exact) mass is 315 g/mol. The van der Waals surface area contributed by atoms with Crippen LogP contribution < -0.4 is 4.74 Å². The number of esters is 1. The van der Waals surface area contributed by atoms with Gasteiger partial charge in [0.1, 0.15) is 11.6 Å². The van der Waals surface area contributed by atoms with Crippen LogP contribution in [0.1, 0.15) is 24.8 Å². The molecule has 3 rings (SSSR count). The van der Waals surface area contributed by atoms with Crippen LogP contribution in [-0.4, -0.2) is 10.9 Å². The Morgan fingerprint density at radius 2 is 1.91 bits per heavy atom. The van der Waals surface area contributed by atoms with Crippen LogP contribution in [0.3, 0.4) is 0 Å². The highest BCUT2D eigenvalue weighted by Gasteiger charge is 2.47. The quantitative estimate of drug-likeness (QED) is 0.373. The fraction of sp³-hybridized carbons (Fsp3) is 0.235. The van der Waals surface area contributed by atoms with Crippen LogP contribution in [0.25, 0.3) is 0 Å². The van der Waals surface area contributed by atoms with Gasteiger partial charge in [-0.15, -0.1) is 0 Å². The number of nitro benzene ring substituents is 1. The molecule has 0 heterocycles. The fourth-order valence-corrected chi connectivity index (χ4v) is 2.79. The van der Waals surface area contributed by atoms with E-state index in [2.05, 4.69) is 0 Å². The Balaban J connectivity index is 1.86. The number of nitro groups is 1. The first-order valence-electron chi connectivity index (χ1n) is 7.24. The van der Waals surface area contributed by atoms with Crippen molar-refractivity contribution < 1.29 is 18.8 Å². The van der Waals surface area contributed by atoms with Crippen molar-refractivity contribution in [2.45, 2.75) is 24.7 Å². The Hall–Kier alpha value is -2.76. The number of hydrogen-bond donors (Lipinski definition) is 0. The van der Waals surface area contributed by atoms with Crippen molar-refractivity contribution in [1.82, 2.24) is 0 Å². The van der Waals surface area contributed by atoms with Gasteiger partial charge in [0, 0.05) is 6.07 Å². The second kappa shape index (κ2) is 5.79. The van der Waals surface area contributed by atoms with Crippen molar-refractivity contribution in [3.63, 3.8) is 0 Å². The summed E-state index contributed by atoms with van der Waals surface area (Å²) in [4.78, 5) is 22.8. The van der Waals surface area contributed by atoms with Crippen molar-refractivity contribution in [3.05, 3.63) is 70.0 Å². The topological polar surface area (TPSA) is 69.4 Å². The molecule has 0 aliphatic heterocycles. The maximum atomic E-state index is 13.5. The van der Waals surface area contributed by atoms with E-state index in [1.165, 1.54) is 36.4 Å². The molecule has 6 heteroatoms. The van der Waals surface area contributed by atoms with Crippen LogP contribution in [-0.2, 0) is 10.2 Å². The molecule has 0 radical (unpaired) electrons. The summed E-state index contributed by atoms with van der Waals surface area (Å²) in [6.07, 6.45) is 2.00. The highest BCUT2D eigenvalue weighted by Crippen LogP contribution is 2.45. The number of carbonyl (C=O) groups excluding carboxylic acids is 1. The molecule has 23 heavy (non-hydrogen) atoms.